The number of carbonyl (C=O) groups is 2. The van der Waals surface area contributed by atoms with Crippen LogP contribution in [0.5, 0.6) is 0 Å². The van der Waals surface area contributed by atoms with Gasteiger partial charge in [-0.15, -0.1) is 0 Å². The molecule has 0 radical (unpaired) electrons. The number of aryl methyl sites for hydroxylation is 3. The molecule has 35 heavy (non-hydrogen) atoms. The number of amides is 2. The molecule has 0 bridgehead atoms. The first kappa shape index (κ1) is 23.5. The number of fused-ring (bicyclic) bond motifs is 2. The molecule has 180 valence electrons. The molecule has 0 aliphatic heterocycles. The van der Waals surface area contributed by atoms with E-state index < -0.39 is 0 Å². The van der Waals surface area contributed by atoms with E-state index in [0.717, 1.165) is 22.1 Å². The van der Waals surface area contributed by atoms with Gasteiger partial charge in [0.1, 0.15) is 11.5 Å². The van der Waals surface area contributed by atoms with Crippen LogP contribution >= 0.6 is 23.2 Å². The Morgan fingerprint density at radius 2 is 1.97 bits per heavy atom. The molecule has 2 heterocycles. The molecule has 0 unspecified atom stereocenters. The Morgan fingerprint density at radius 1 is 1.17 bits per heavy atom. The first-order valence-electron chi connectivity index (χ1n) is 11.4. The van der Waals surface area contributed by atoms with E-state index in [1.807, 2.05) is 31.2 Å². The van der Waals surface area contributed by atoms with E-state index >= 15 is 0 Å². The minimum absolute atomic E-state index is 0.122. The van der Waals surface area contributed by atoms with Crippen molar-refractivity contribution in [2.45, 2.75) is 45.2 Å². The lowest BCUT2D eigenvalue weighted by molar-refractivity contribution is -0.122. The van der Waals surface area contributed by atoms with Gasteiger partial charge in [-0.05, 0) is 42.2 Å². The van der Waals surface area contributed by atoms with Crippen molar-refractivity contribution in [2.75, 3.05) is 0 Å². The number of aromatic amines is 1. The first-order chi connectivity index (χ1) is 16.8. The van der Waals surface area contributed by atoms with Crippen LogP contribution in [0.4, 0.5) is 0 Å². The predicted octanol–water partition coefficient (Wildman–Crippen LogP) is 5.22. The number of hydrogen-bond acceptors (Lipinski definition) is 4. The zero-order valence-corrected chi connectivity index (χ0v) is 20.8. The Labute approximate surface area is 212 Å². The van der Waals surface area contributed by atoms with Gasteiger partial charge in [0.05, 0.1) is 23.3 Å². The number of nitrogens with one attached hydrogen (secondary N) is 3. The maximum Gasteiger partial charge on any atom is 0.268 e. The zero-order chi connectivity index (χ0) is 24.7. The third-order valence-electron chi connectivity index (χ3n) is 6.42. The highest BCUT2D eigenvalue weighted by Gasteiger charge is 2.35. The van der Waals surface area contributed by atoms with Crippen LogP contribution < -0.4 is 10.6 Å². The zero-order valence-electron chi connectivity index (χ0n) is 19.2. The minimum Gasteiger partial charge on any atom is -0.446 e. The summed E-state index contributed by atoms with van der Waals surface area (Å²) in [6.45, 7) is 3.62. The Balaban J connectivity index is 1.35. The van der Waals surface area contributed by atoms with E-state index in [1.165, 1.54) is 0 Å². The SMILES string of the molecule is Cc1ncc(CCC(=O)N[C@@H]2c3ccccc3C[C@H]2NC(=O)c2[nH]c3cc(Cl)cc(Cl)c3c2C)o1. The van der Waals surface area contributed by atoms with Gasteiger partial charge in [0.2, 0.25) is 5.91 Å². The number of benzene rings is 2. The van der Waals surface area contributed by atoms with Crippen molar-refractivity contribution in [1.29, 1.82) is 0 Å². The average Bonchev–Trinajstić information content (AvgIpc) is 3.48. The molecule has 1 aliphatic rings. The number of halogens is 2. The standard InChI is InChI=1S/C26H24Cl2N4O3/c1-13-23-19(28)10-16(27)11-20(23)30-24(13)26(34)31-21-9-15-5-3-4-6-18(15)25(21)32-22(33)8-7-17-12-29-14(2)35-17/h3-6,10-12,21,25,30H,7-9H2,1-2H3,(H,31,34)(H,32,33)/t21-,25-/m1/s1. The molecular formula is C26H24Cl2N4O3. The van der Waals surface area contributed by atoms with Crippen molar-refractivity contribution < 1.29 is 14.0 Å². The number of oxazole rings is 1. The van der Waals surface area contributed by atoms with Crippen LogP contribution in [0.25, 0.3) is 10.9 Å². The van der Waals surface area contributed by atoms with Gasteiger partial charge in [0.15, 0.2) is 5.89 Å². The largest absolute Gasteiger partial charge is 0.446 e. The maximum atomic E-state index is 13.3. The average molecular weight is 511 g/mol. The number of rotatable bonds is 6. The van der Waals surface area contributed by atoms with E-state index in [-0.39, 0.29) is 30.3 Å². The van der Waals surface area contributed by atoms with E-state index in [9.17, 15) is 9.59 Å². The summed E-state index contributed by atoms with van der Waals surface area (Å²) >= 11 is 12.5. The summed E-state index contributed by atoms with van der Waals surface area (Å²) in [5.74, 6) is 0.856. The second kappa shape index (κ2) is 9.40. The molecule has 1 aliphatic carbocycles. The normalized spacial score (nSPS) is 16.9. The fraction of sp³-hybridized carbons (Fsp3) is 0.269. The highest BCUT2D eigenvalue weighted by atomic mass is 35.5. The summed E-state index contributed by atoms with van der Waals surface area (Å²) in [6.07, 6.45) is 2.96. The molecule has 0 spiro atoms. The van der Waals surface area contributed by atoms with Crippen molar-refractivity contribution in [3.8, 4) is 0 Å². The lowest BCUT2D eigenvalue weighted by atomic mass is 10.1. The molecule has 2 atom stereocenters. The Kier molecular flexibility index (Phi) is 6.30. The number of hydrogen-bond donors (Lipinski definition) is 3. The van der Waals surface area contributed by atoms with Gasteiger partial charge >= 0.3 is 0 Å². The monoisotopic (exact) mass is 510 g/mol. The number of nitrogens with zero attached hydrogens (tertiary/aromatic N) is 1. The van der Waals surface area contributed by atoms with Crippen LogP contribution in [0, 0.1) is 13.8 Å². The molecule has 7 nitrogen and oxygen atoms in total. The highest BCUT2D eigenvalue weighted by molar-refractivity contribution is 6.39. The number of aromatic nitrogens is 2. The van der Waals surface area contributed by atoms with Gasteiger partial charge in [0, 0.05) is 35.7 Å². The van der Waals surface area contributed by atoms with E-state index in [1.54, 1.807) is 25.3 Å². The van der Waals surface area contributed by atoms with Crippen LogP contribution in [0.3, 0.4) is 0 Å². The van der Waals surface area contributed by atoms with E-state index in [4.69, 9.17) is 27.6 Å². The van der Waals surface area contributed by atoms with Gasteiger partial charge in [-0.2, -0.15) is 0 Å². The van der Waals surface area contributed by atoms with Crippen LogP contribution in [0.2, 0.25) is 10.0 Å². The molecular weight excluding hydrogens is 487 g/mol. The summed E-state index contributed by atoms with van der Waals surface area (Å²) in [5.41, 5.74) is 3.97. The Morgan fingerprint density at radius 3 is 2.74 bits per heavy atom. The molecule has 0 saturated carbocycles. The van der Waals surface area contributed by atoms with Crippen LogP contribution in [0.15, 0.2) is 47.0 Å². The molecule has 5 rings (SSSR count). The lowest BCUT2D eigenvalue weighted by Gasteiger charge is -2.23. The van der Waals surface area contributed by atoms with Crippen LogP contribution in [-0.2, 0) is 17.6 Å². The molecule has 3 N–H and O–H groups in total. The van der Waals surface area contributed by atoms with Crippen LogP contribution in [0.1, 0.15) is 51.3 Å². The van der Waals surface area contributed by atoms with Crippen molar-refractivity contribution in [2.24, 2.45) is 0 Å². The second-order valence-electron chi connectivity index (χ2n) is 8.81. The lowest BCUT2D eigenvalue weighted by Crippen LogP contribution is -2.44. The topological polar surface area (TPSA) is 100 Å². The van der Waals surface area contributed by atoms with Crippen molar-refractivity contribution in [1.82, 2.24) is 20.6 Å². The second-order valence-corrected chi connectivity index (χ2v) is 9.65. The molecule has 0 saturated heterocycles. The summed E-state index contributed by atoms with van der Waals surface area (Å²) in [6, 6.07) is 10.7. The Hall–Kier alpha value is -3.29. The maximum absolute atomic E-state index is 13.3. The van der Waals surface area contributed by atoms with E-state index in [2.05, 4.69) is 20.6 Å². The van der Waals surface area contributed by atoms with Gasteiger partial charge in [-0.25, -0.2) is 4.98 Å². The summed E-state index contributed by atoms with van der Waals surface area (Å²) in [5, 5.41) is 7.98. The van der Waals surface area contributed by atoms with Crippen molar-refractivity contribution >= 4 is 45.9 Å². The van der Waals surface area contributed by atoms with Crippen molar-refractivity contribution in [3.63, 3.8) is 0 Å². The molecule has 4 aromatic rings. The van der Waals surface area contributed by atoms with Gasteiger partial charge in [0.25, 0.3) is 5.91 Å². The molecule has 2 amide bonds. The summed E-state index contributed by atoms with van der Waals surface area (Å²) < 4.78 is 5.47. The Bertz CT molecular complexity index is 1440. The van der Waals surface area contributed by atoms with Gasteiger partial charge < -0.3 is 20.0 Å². The van der Waals surface area contributed by atoms with E-state index in [0.29, 0.717) is 45.7 Å². The number of carbonyl (C=O) groups excluding carboxylic acids is 2. The van der Waals surface area contributed by atoms with Gasteiger partial charge in [-0.1, -0.05) is 47.5 Å². The molecule has 2 aromatic carbocycles. The fourth-order valence-electron chi connectivity index (χ4n) is 4.79. The number of H-pyrrole nitrogens is 1. The predicted molar refractivity (Wildman–Crippen MR) is 135 cm³/mol. The van der Waals surface area contributed by atoms with Crippen LogP contribution in [-0.4, -0.2) is 27.8 Å². The minimum atomic E-state index is -0.346. The third-order valence-corrected chi connectivity index (χ3v) is 6.94. The molecule has 0 fully saturated rings. The summed E-state index contributed by atoms with van der Waals surface area (Å²) in [7, 11) is 0. The summed E-state index contributed by atoms with van der Waals surface area (Å²) in [4.78, 5) is 33.4. The first-order valence-corrected chi connectivity index (χ1v) is 12.1. The highest BCUT2D eigenvalue weighted by Crippen LogP contribution is 2.34. The van der Waals surface area contributed by atoms with Crippen molar-refractivity contribution in [3.05, 3.63) is 86.7 Å². The smallest absolute Gasteiger partial charge is 0.268 e. The van der Waals surface area contributed by atoms with Gasteiger partial charge in [-0.3, -0.25) is 9.59 Å². The molecule has 2 aromatic heterocycles. The third kappa shape index (κ3) is 4.66. The fourth-order valence-corrected chi connectivity index (χ4v) is 5.42. The quantitative estimate of drug-likeness (QED) is 0.330. The molecule has 9 heteroatoms.